The van der Waals surface area contributed by atoms with Crippen molar-refractivity contribution in [1.29, 1.82) is 0 Å². The van der Waals surface area contributed by atoms with Gasteiger partial charge in [-0.15, -0.1) is 0 Å². The quantitative estimate of drug-likeness (QED) is 0.840. The van der Waals surface area contributed by atoms with Crippen LogP contribution in [0.3, 0.4) is 0 Å². The number of ether oxygens (including phenoxy) is 3. The van der Waals surface area contributed by atoms with E-state index in [-0.39, 0.29) is 6.10 Å². The summed E-state index contributed by atoms with van der Waals surface area (Å²) in [4.78, 5) is 0. The third-order valence-electron chi connectivity index (χ3n) is 2.86. The lowest BCUT2D eigenvalue weighted by Crippen LogP contribution is -2.17. The molecule has 0 amide bonds. The molecule has 1 fully saturated rings. The molecule has 2 rings (SSSR count). The molecule has 4 nitrogen and oxygen atoms in total. The zero-order chi connectivity index (χ0) is 12.1. The summed E-state index contributed by atoms with van der Waals surface area (Å²) in [6, 6.07) is 5.84. The minimum Gasteiger partial charge on any atom is -0.497 e. The molecule has 1 aromatic carbocycles. The molecular formula is C13H19NO3. The first kappa shape index (κ1) is 12.2. The fourth-order valence-electron chi connectivity index (χ4n) is 1.93. The van der Waals surface area contributed by atoms with Crippen LogP contribution < -0.4 is 15.2 Å². The van der Waals surface area contributed by atoms with Gasteiger partial charge in [0, 0.05) is 6.42 Å². The molecule has 17 heavy (non-hydrogen) atoms. The third-order valence-corrected chi connectivity index (χ3v) is 2.86. The van der Waals surface area contributed by atoms with E-state index in [1.807, 2.05) is 18.2 Å². The molecular weight excluding hydrogens is 218 g/mol. The van der Waals surface area contributed by atoms with Gasteiger partial charge >= 0.3 is 0 Å². The zero-order valence-corrected chi connectivity index (χ0v) is 10.1. The maximum atomic E-state index is 5.92. The minimum atomic E-state index is 0.167. The van der Waals surface area contributed by atoms with Gasteiger partial charge < -0.3 is 19.9 Å². The molecule has 0 aromatic heterocycles. The molecule has 0 radical (unpaired) electrons. The summed E-state index contributed by atoms with van der Waals surface area (Å²) in [5.41, 5.74) is 6.70. The Balaban J connectivity index is 2.12. The summed E-state index contributed by atoms with van der Waals surface area (Å²) in [6.45, 7) is 2.06. The van der Waals surface area contributed by atoms with Crippen LogP contribution in [-0.4, -0.2) is 33.0 Å². The highest BCUT2D eigenvalue weighted by Crippen LogP contribution is 2.26. The summed E-state index contributed by atoms with van der Waals surface area (Å²) in [5, 5.41) is 0. The van der Waals surface area contributed by atoms with Crippen molar-refractivity contribution in [1.82, 2.24) is 0 Å². The number of benzene rings is 1. The van der Waals surface area contributed by atoms with Crippen LogP contribution in [0.5, 0.6) is 11.5 Å². The van der Waals surface area contributed by atoms with Crippen LogP contribution >= 0.6 is 0 Å². The molecule has 1 aliphatic heterocycles. The second-order valence-corrected chi connectivity index (χ2v) is 4.12. The summed E-state index contributed by atoms with van der Waals surface area (Å²) in [7, 11) is 1.66. The molecule has 94 valence electrons. The van der Waals surface area contributed by atoms with Gasteiger partial charge in [0.1, 0.15) is 17.6 Å². The van der Waals surface area contributed by atoms with Gasteiger partial charge in [-0.25, -0.2) is 0 Å². The van der Waals surface area contributed by atoms with Gasteiger partial charge in [-0.3, -0.25) is 0 Å². The molecule has 4 heteroatoms. The monoisotopic (exact) mass is 237 g/mol. The van der Waals surface area contributed by atoms with Crippen LogP contribution in [0.4, 0.5) is 0 Å². The van der Waals surface area contributed by atoms with Gasteiger partial charge in [0.05, 0.1) is 20.3 Å². The summed E-state index contributed by atoms with van der Waals surface area (Å²) >= 11 is 0. The topological polar surface area (TPSA) is 53.7 Å². The predicted molar refractivity (Wildman–Crippen MR) is 65.6 cm³/mol. The first-order valence-electron chi connectivity index (χ1n) is 5.95. The second kappa shape index (κ2) is 5.89. The molecule has 0 saturated carbocycles. The molecule has 0 bridgehead atoms. The standard InChI is InChI=1S/C13H19NO3/c1-15-11-2-3-13(10(8-11)4-6-14)17-12-5-7-16-9-12/h2-3,8,12H,4-7,9,14H2,1H3. The molecule has 0 aliphatic carbocycles. The SMILES string of the molecule is COc1ccc(OC2CCOC2)c(CCN)c1. The smallest absolute Gasteiger partial charge is 0.124 e. The van der Waals surface area contributed by atoms with Crippen LogP contribution in [-0.2, 0) is 11.2 Å². The zero-order valence-electron chi connectivity index (χ0n) is 10.1. The Hall–Kier alpha value is -1.26. The predicted octanol–water partition coefficient (Wildman–Crippen LogP) is 1.36. The molecule has 1 unspecified atom stereocenters. The van der Waals surface area contributed by atoms with E-state index in [1.54, 1.807) is 7.11 Å². The Morgan fingerprint density at radius 2 is 2.35 bits per heavy atom. The van der Waals surface area contributed by atoms with Crippen LogP contribution in [0.25, 0.3) is 0 Å². The van der Waals surface area contributed by atoms with E-state index >= 15 is 0 Å². The van der Waals surface area contributed by atoms with E-state index in [2.05, 4.69) is 0 Å². The highest BCUT2D eigenvalue weighted by Gasteiger charge is 2.18. The van der Waals surface area contributed by atoms with E-state index in [9.17, 15) is 0 Å². The number of nitrogens with two attached hydrogens (primary N) is 1. The number of methoxy groups -OCH3 is 1. The lowest BCUT2D eigenvalue weighted by molar-refractivity contribution is 0.140. The Kier molecular flexibility index (Phi) is 4.23. The Morgan fingerprint density at radius 1 is 1.47 bits per heavy atom. The van der Waals surface area contributed by atoms with E-state index in [0.29, 0.717) is 13.2 Å². The molecule has 2 N–H and O–H groups in total. The van der Waals surface area contributed by atoms with Gasteiger partial charge in [-0.1, -0.05) is 0 Å². The van der Waals surface area contributed by atoms with Gasteiger partial charge in [-0.05, 0) is 36.7 Å². The Bertz CT molecular complexity index is 362. The highest BCUT2D eigenvalue weighted by molar-refractivity contribution is 5.40. The molecule has 1 atom stereocenters. The van der Waals surface area contributed by atoms with Crippen LogP contribution in [0.15, 0.2) is 18.2 Å². The second-order valence-electron chi connectivity index (χ2n) is 4.12. The number of rotatable bonds is 5. The van der Waals surface area contributed by atoms with E-state index < -0.39 is 0 Å². The average Bonchev–Trinajstić information content (AvgIpc) is 2.84. The van der Waals surface area contributed by atoms with Gasteiger partial charge in [0.25, 0.3) is 0 Å². The van der Waals surface area contributed by atoms with Crippen molar-refractivity contribution >= 4 is 0 Å². The van der Waals surface area contributed by atoms with Crippen molar-refractivity contribution in [3.05, 3.63) is 23.8 Å². The van der Waals surface area contributed by atoms with Crippen molar-refractivity contribution in [3.8, 4) is 11.5 Å². The van der Waals surface area contributed by atoms with E-state index in [0.717, 1.165) is 36.5 Å². The Labute approximate surface area is 102 Å². The average molecular weight is 237 g/mol. The fourth-order valence-corrected chi connectivity index (χ4v) is 1.93. The minimum absolute atomic E-state index is 0.167. The summed E-state index contributed by atoms with van der Waals surface area (Å²) < 4.78 is 16.4. The molecule has 1 heterocycles. The Morgan fingerprint density at radius 3 is 3.00 bits per heavy atom. The van der Waals surface area contributed by atoms with Crippen molar-refractivity contribution in [2.75, 3.05) is 26.9 Å². The van der Waals surface area contributed by atoms with Crippen molar-refractivity contribution in [2.24, 2.45) is 5.73 Å². The summed E-state index contributed by atoms with van der Waals surface area (Å²) in [5.74, 6) is 1.73. The van der Waals surface area contributed by atoms with Crippen molar-refractivity contribution in [3.63, 3.8) is 0 Å². The van der Waals surface area contributed by atoms with Crippen LogP contribution in [0.1, 0.15) is 12.0 Å². The fraction of sp³-hybridized carbons (Fsp3) is 0.538. The summed E-state index contributed by atoms with van der Waals surface area (Å²) in [6.07, 6.45) is 1.91. The van der Waals surface area contributed by atoms with E-state index in [4.69, 9.17) is 19.9 Å². The van der Waals surface area contributed by atoms with Gasteiger partial charge in [0.2, 0.25) is 0 Å². The lowest BCUT2D eigenvalue weighted by Gasteiger charge is -2.16. The molecule has 1 aromatic rings. The first-order valence-corrected chi connectivity index (χ1v) is 5.95. The van der Waals surface area contributed by atoms with Crippen LogP contribution in [0, 0.1) is 0 Å². The highest BCUT2D eigenvalue weighted by atomic mass is 16.5. The molecule has 0 spiro atoms. The number of hydrogen-bond acceptors (Lipinski definition) is 4. The largest absolute Gasteiger partial charge is 0.497 e. The lowest BCUT2D eigenvalue weighted by atomic mass is 10.1. The molecule has 1 saturated heterocycles. The van der Waals surface area contributed by atoms with Crippen molar-refractivity contribution < 1.29 is 14.2 Å². The van der Waals surface area contributed by atoms with E-state index in [1.165, 1.54) is 0 Å². The maximum absolute atomic E-state index is 5.92. The van der Waals surface area contributed by atoms with Gasteiger partial charge in [-0.2, -0.15) is 0 Å². The third kappa shape index (κ3) is 3.11. The normalized spacial score (nSPS) is 19.3. The van der Waals surface area contributed by atoms with Crippen molar-refractivity contribution in [2.45, 2.75) is 18.9 Å². The maximum Gasteiger partial charge on any atom is 0.124 e. The van der Waals surface area contributed by atoms with Gasteiger partial charge in [0.15, 0.2) is 0 Å². The molecule has 1 aliphatic rings. The first-order chi connectivity index (χ1) is 8.33. The number of hydrogen-bond donors (Lipinski definition) is 1. The van der Waals surface area contributed by atoms with Crippen LogP contribution in [0.2, 0.25) is 0 Å².